The minimum absolute atomic E-state index is 0.0957. The highest BCUT2D eigenvalue weighted by Gasteiger charge is 2.38. The number of ketones is 1. The third-order valence-corrected chi connectivity index (χ3v) is 8.02. The maximum atomic E-state index is 12.9. The molecule has 5 heterocycles. The zero-order valence-corrected chi connectivity index (χ0v) is 22.1. The number of aliphatic hydroxyl groups excluding tert-OH is 2. The van der Waals surface area contributed by atoms with Crippen molar-refractivity contribution in [3.05, 3.63) is 52.6 Å². The number of hydrogen-bond acceptors (Lipinski definition) is 9. The number of rotatable bonds is 7. The summed E-state index contributed by atoms with van der Waals surface area (Å²) in [6.45, 7) is 2.99. The van der Waals surface area contributed by atoms with Gasteiger partial charge in [0.25, 0.3) is 0 Å². The highest BCUT2D eigenvalue weighted by molar-refractivity contribution is 7.08. The fraction of sp³-hybridized carbons (Fsp3) is 0.370. The lowest BCUT2D eigenvalue weighted by Gasteiger charge is -2.37. The van der Waals surface area contributed by atoms with Crippen molar-refractivity contribution in [2.45, 2.75) is 32.6 Å². The second-order valence-electron chi connectivity index (χ2n) is 9.99. The molecule has 1 amide bonds. The van der Waals surface area contributed by atoms with Crippen molar-refractivity contribution in [2.24, 2.45) is 5.41 Å². The molecule has 0 saturated carbocycles. The second-order valence-corrected chi connectivity index (χ2v) is 10.8. The van der Waals surface area contributed by atoms with E-state index in [9.17, 15) is 19.8 Å². The number of nitrogens with two attached hydrogens (primary N) is 1. The summed E-state index contributed by atoms with van der Waals surface area (Å²) < 4.78 is 1.49. The van der Waals surface area contributed by atoms with Crippen LogP contribution in [-0.4, -0.2) is 72.7 Å². The highest BCUT2D eigenvalue weighted by atomic mass is 32.1. The molecule has 1 fully saturated rings. The van der Waals surface area contributed by atoms with Gasteiger partial charge in [-0.3, -0.25) is 14.6 Å². The van der Waals surface area contributed by atoms with Crippen molar-refractivity contribution in [1.82, 2.24) is 24.5 Å². The number of carbonyl (C=O) groups is 2. The van der Waals surface area contributed by atoms with Crippen LogP contribution in [0.25, 0.3) is 28.0 Å². The molecule has 1 saturated heterocycles. The van der Waals surface area contributed by atoms with Gasteiger partial charge >= 0.3 is 0 Å². The normalized spacial score (nSPS) is 14.8. The average Bonchev–Trinajstić information content (AvgIpc) is 3.63. The van der Waals surface area contributed by atoms with Crippen LogP contribution >= 0.6 is 11.3 Å². The summed E-state index contributed by atoms with van der Waals surface area (Å²) >= 11 is 1.61. The van der Waals surface area contributed by atoms with Gasteiger partial charge in [-0.05, 0) is 44.2 Å². The minimum Gasteiger partial charge on any atom is -0.395 e. The highest BCUT2D eigenvalue weighted by Crippen LogP contribution is 2.35. The molecule has 5 rings (SSSR count). The molecule has 1 aliphatic rings. The Morgan fingerprint density at radius 1 is 1.13 bits per heavy atom. The predicted octanol–water partition coefficient (Wildman–Crippen LogP) is 3.00. The topological polar surface area (TPSA) is 147 Å². The zero-order chi connectivity index (χ0) is 27.0. The molecule has 1 aliphatic heterocycles. The Bertz CT molecular complexity index is 1470. The Morgan fingerprint density at radius 3 is 2.45 bits per heavy atom. The van der Waals surface area contributed by atoms with E-state index in [0.717, 1.165) is 22.4 Å². The maximum Gasteiger partial charge on any atom is 0.233 e. The average molecular weight is 535 g/mol. The van der Waals surface area contributed by atoms with E-state index in [-0.39, 0.29) is 23.4 Å². The first-order valence-corrected chi connectivity index (χ1v) is 13.4. The van der Waals surface area contributed by atoms with Crippen LogP contribution in [0.1, 0.15) is 48.7 Å². The lowest BCUT2D eigenvalue weighted by Crippen LogP contribution is -2.49. The van der Waals surface area contributed by atoms with Crippen LogP contribution in [-0.2, 0) is 4.79 Å². The molecule has 0 spiro atoms. The van der Waals surface area contributed by atoms with Crippen molar-refractivity contribution >= 4 is 34.5 Å². The Morgan fingerprint density at radius 2 is 1.87 bits per heavy atom. The molecule has 0 bridgehead atoms. The van der Waals surface area contributed by atoms with Crippen LogP contribution in [0.2, 0.25) is 0 Å². The quantitative estimate of drug-likeness (QED) is 0.307. The second kappa shape index (κ2) is 10.2. The van der Waals surface area contributed by atoms with Gasteiger partial charge in [0.15, 0.2) is 11.4 Å². The molecule has 0 radical (unpaired) electrons. The number of nitrogen functional groups attached to an aromatic ring is 1. The number of piperidine rings is 1. The molecule has 0 atom stereocenters. The summed E-state index contributed by atoms with van der Waals surface area (Å²) in [7, 11) is 0. The first-order valence-electron chi connectivity index (χ1n) is 12.5. The molecule has 4 N–H and O–H groups in total. The predicted molar refractivity (Wildman–Crippen MR) is 145 cm³/mol. The van der Waals surface area contributed by atoms with E-state index in [2.05, 4.69) is 10.1 Å². The molecule has 38 heavy (non-hydrogen) atoms. The van der Waals surface area contributed by atoms with Gasteiger partial charge in [-0.15, -0.1) is 0 Å². The monoisotopic (exact) mass is 534 g/mol. The Hall–Kier alpha value is -3.67. The summed E-state index contributed by atoms with van der Waals surface area (Å²) in [6.07, 6.45) is 4.60. The molecular formula is C27H30N6O4S. The van der Waals surface area contributed by atoms with Gasteiger partial charge in [-0.2, -0.15) is 21.0 Å². The number of aromatic nitrogens is 4. The van der Waals surface area contributed by atoms with E-state index < -0.39 is 18.6 Å². The molecular weight excluding hydrogens is 504 g/mol. The molecule has 10 nitrogen and oxygen atoms in total. The SMILES string of the molecule is CC(=O)c1c(C2CCN(C(=O)C(C)(CO)CO)CC2)nc2c(-c3ccc(-c4ccsc4)nc3)cnn2c1N. The van der Waals surface area contributed by atoms with E-state index in [4.69, 9.17) is 10.7 Å². The number of Topliss-reactive ketones (excluding diaryl/α,β-unsaturated/α-hetero) is 1. The van der Waals surface area contributed by atoms with E-state index in [1.165, 1.54) is 11.4 Å². The fourth-order valence-electron chi connectivity index (χ4n) is 4.95. The largest absolute Gasteiger partial charge is 0.395 e. The number of amides is 1. The van der Waals surface area contributed by atoms with Gasteiger partial charge in [-0.25, -0.2) is 4.98 Å². The Balaban J connectivity index is 1.48. The number of aliphatic hydroxyl groups is 2. The van der Waals surface area contributed by atoms with E-state index in [1.807, 2.05) is 29.0 Å². The zero-order valence-electron chi connectivity index (χ0n) is 21.3. The molecule has 198 valence electrons. The number of fused-ring (bicyclic) bond motifs is 1. The standard InChI is InChI=1S/C27H30N6O4S/c1-16(36)22-23(17-5-8-32(9-6-17)26(37)27(2,14-34)15-35)31-25-20(12-30-33(25)24(22)28)18-3-4-21(29-11-18)19-7-10-38-13-19/h3-4,7,10-13,17,34-35H,5-6,8-9,14-15,28H2,1-2H3. The van der Waals surface area contributed by atoms with Crippen LogP contribution in [0, 0.1) is 5.41 Å². The van der Waals surface area contributed by atoms with Crippen LogP contribution in [0.3, 0.4) is 0 Å². The Kier molecular flexibility index (Phi) is 6.99. The first-order chi connectivity index (χ1) is 18.3. The first kappa shape index (κ1) is 26.0. The van der Waals surface area contributed by atoms with Crippen LogP contribution in [0.15, 0.2) is 41.4 Å². The molecule has 0 unspecified atom stereocenters. The number of hydrogen-bond donors (Lipinski definition) is 3. The molecule has 4 aromatic heterocycles. The van der Waals surface area contributed by atoms with Crippen molar-refractivity contribution in [3.8, 4) is 22.4 Å². The van der Waals surface area contributed by atoms with E-state index in [0.29, 0.717) is 42.8 Å². The number of pyridine rings is 1. The van der Waals surface area contributed by atoms with Crippen molar-refractivity contribution in [1.29, 1.82) is 0 Å². The molecule has 0 aromatic carbocycles. The lowest BCUT2D eigenvalue weighted by atomic mass is 9.86. The van der Waals surface area contributed by atoms with Gasteiger partial charge in [-0.1, -0.05) is 6.07 Å². The van der Waals surface area contributed by atoms with E-state index in [1.54, 1.807) is 35.6 Å². The maximum absolute atomic E-state index is 12.9. The van der Waals surface area contributed by atoms with Gasteiger partial charge in [0.2, 0.25) is 5.91 Å². The smallest absolute Gasteiger partial charge is 0.233 e. The number of nitrogens with zero attached hydrogens (tertiary/aromatic N) is 5. The third kappa shape index (κ3) is 4.46. The van der Waals surface area contributed by atoms with E-state index >= 15 is 0 Å². The van der Waals surface area contributed by atoms with Gasteiger partial charge in [0, 0.05) is 47.3 Å². The number of thiophene rings is 1. The van der Waals surface area contributed by atoms with Crippen molar-refractivity contribution in [3.63, 3.8) is 0 Å². The summed E-state index contributed by atoms with van der Waals surface area (Å²) in [5.74, 6) is -0.343. The van der Waals surface area contributed by atoms with Crippen molar-refractivity contribution in [2.75, 3.05) is 32.0 Å². The van der Waals surface area contributed by atoms with Crippen LogP contribution in [0.4, 0.5) is 5.82 Å². The minimum atomic E-state index is -1.22. The summed E-state index contributed by atoms with van der Waals surface area (Å²) in [5.41, 5.74) is 10.3. The summed E-state index contributed by atoms with van der Waals surface area (Å²) in [5, 5.41) is 27.7. The third-order valence-electron chi connectivity index (χ3n) is 7.34. The summed E-state index contributed by atoms with van der Waals surface area (Å²) in [4.78, 5) is 36.8. The summed E-state index contributed by atoms with van der Waals surface area (Å²) in [6, 6.07) is 5.94. The molecule has 4 aromatic rings. The van der Waals surface area contributed by atoms with Gasteiger partial charge < -0.3 is 20.8 Å². The van der Waals surface area contributed by atoms with Crippen LogP contribution < -0.4 is 5.73 Å². The van der Waals surface area contributed by atoms with Crippen molar-refractivity contribution < 1.29 is 19.8 Å². The fourth-order valence-corrected chi connectivity index (χ4v) is 5.60. The molecule has 0 aliphatic carbocycles. The number of anilines is 1. The molecule has 11 heteroatoms. The lowest BCUT2D eigenvalue weighted by molar-refractivity contribution is -0.147. The van der Waals surface area contributed by atoms with Gasteiger partial charge in [0.1, 0.15) is 5.82 Å². The Labute approximate surface area is 223 Å². The van der Waals surface area contributed by atoms with Crippen LogP contribution in [0.5, 0.6) is 0 Å². The number of likely N-dealkylation sites (tertiary alicyclic amines) is 1. The van der Waals surface area contributed by atoms with Gasteiger partial charge in [0.05, 0.1) is 41.8 Å². The number of carbonyl (C=O) groups excluding carboxylic acids is 2.